The van der Waals surface area contributed by atoms with Gasteiger partial charge < -0.3 is 52.9 Å². The van der Waals surface area contributed by atoms with E-state index >= 15 is 0 Å². The Morgan fingerprint density at radius 2 is 0.742 bits per heavy atom. The lowest BCUT2D eigenvalue weighted by molar-refractivity contribution is -0.170. The first-order valence-electron chi connectivity index (χ1n) is 8.24. The van der Waals surface area contributed by atoms with Crippen molar-refractivity contribution in [1.82, 2.24) is 0 Å². The molecule has 0 saturated heterocycles. The molecule has 0 rings (SSSR count). The van der Waals surface area contributed by atoms with Gasteiger partial charge in [-0.2, -0.15) is 0 Å². The molecule has 16 nitrogen and oxygen atoms in total. The normalized spacial score (nSPS) is 9.29. The molecule has 0 atom stereocenters. The number of hydrogen-bond acceptors (Lipinski definition) is 10. The van der Waals surface area contributed by atoms with E-state index in [0.717, 1.165) is 0 Å². The summed E-state index contributed by atoms with van der Waals surface area (Å²) in [5.74, 6) is -7.53. The molecule has 0 heterocycles. The van der Waals surface area contributed by atoms with Crippen molar-refractivity contribution >= 4 is 35.8 Å². The van der Waals surface area contributed by atoms with E-state index in [2.05, 4.69) is 0 Å². The summed E-state index contributed by atoms with van der Waals surface area (Å²) in [6.07, 6.45) is -2.08. The van der Waals surface area contributed by atoms with E-state index in [1.165, 1.54) is 0 Å². The lowest BCUT2D eigenvalue weighted by Gasteiger charge is -2.18. The maximum atomic E-state index is 10.3. The van der Waals surface area contributed by atoms with Gasteiger partial charge in [0.1, 0.15) is 0 Å². The molecule has 0 saturated carbocycles. The van der Waals surface area contributed by atoms with Gasteiger partial charge in [0.15, 0.2) is 5.60 Å². The van der Waals surface area contributed by atoms with Crippen molar-refractivity contribution in [1.29, 1.82) is 0 Å². The highest BCUT2D eigenvalue weighted by Gasteiger charge is 2.40. The highest BCUT2D eigenvalue weighted by molar-refractivity contribution is 5.88. The van der Waals surface area contributed by atoms with Crippen LogP contribution in [-0.2, 0) is 28.8 Å². The van der Waals surface area contributed by atoms with Crippen molar-refractivity contribution in [3.05, 3.63) is 0 Å². The van der Waals surface area contributed by atoms with Crippen molar-refractivity contribution in [2.75, 3.05) is 19.6 Å². The van der Waals surface area contributed by atoms with Gasteiger partial charge in [0, 0.05) is 19.6 Å². The number of hydrogen-bond donors (Lipinski definition) is 10. The third-order valence-corrected chi connectivity index (χ3v) is 2.36. The summed E-state index contributed by atoms with van der Waals surface area (Å²) in [6, 6.07) is 0. The lowest BCUT2D eigenvalue weighted by Crippen LogP contribution is -2.42. The van der Waals surface area contributed by atoms with Gasteiger partial charge in [0.25, 0.3) is 0 Å². The molecule has 0 aromatic rings. The average Bonchev–Trinajstić information content (AvgIpc) is 2.54. The summed E-state index contributed by atoms with van der Waals surface area (Å²) in [7, 11) is 0. The number of carbonyl (C=O) groups is 6. The van der Waals surface area contributed by atoms with Crippen LogP contribution in [0.3, 0.4) is 0 Å². The number of aliphatic carboxylic acids is 6. The Kier molecular flexibility index (Phi) is 24.2. The predicted octanol–water partition coefficient (Wildman–Crippen LogP) is -2.99. The number of carboxylic acid groups (broad SMARTS) is 6. The molecular formula is C15H29N3O13. The largest absolute Gasteiger partial charge is 0.481 e. The van der Waals surface area contributed by atoms with Crippen molar-refractivity contribution in [3.63, 3.8) is 0 Å². The molecule has 0 aliphatic carbocycles. The minimum absolute atomic E-state index is 0.0694. The maximum Gasteiger partial charge on any atom is 0.336 e. The fourth-order valence-corrected chi connectivity index (χ4v) is 1.08. The van der Waals surface area contributed by atoms with Crippen LogP contribution in [0.4, 0.5) is 0 Å². The van der Waals surface area contributed by atoms with Crippen LogP contribution in [0.25, 0.3) is 0 Å². The van der Waals surface area contributed by atoms with Gasteiger partial charge >= 0.3 is 35.8 Å². The van der Waals surface area contributed by atoms with Crippen LogP contribution in [0, 0.1) is 0 Å². The Bertz CT molecular complexity index is 526. The van der Waals surface area contributed by atoms with E-state index in [4.69, 9.17) is 52.9 Å². The van der Waals surface area contributed by atoms with E-state index in [1.807, 2.05) is 0 Å². The molecule has 0 unspecified atom stereocenters. The van der Waals surface area contributed by atoms with Gasteiger partial charge in [-0.05, 0) is 0 Å². The minimum atomic E-state index is -2.74. The zero-order valence-corrected chi connectivity index (χ0v) is 16.5. The fourth-order valence-electron chi connectivity index (χ4n) is 1.08. The molecule has 0 aromatic heterocycles. The average molecular weight is 459 g/mol. The highest BCUT2D eigenvalue weighted by atomic mass is 16.4. The van der Waals surface area contributed by atoms with Gasteiger partial charge in [-0.3, -0.25) is 24.0 Å². The molecule has 31 heavy (non-hydrogen) atoms. The zero-order valence-electron chi connectivity index (χ0n) is 16.5. The molecule has 0 amide bonds. The molecule has 0 fully saturated rings. The van der Waals surface area contributed by atoms with Gasteiger partial charge in [0.05, 0.1) is 32.1 Å². The van der Waals surface area contributed by atoms with Gasteiger partial charge in [-0.25, -0.2) is 4.79 Å². The molecule has 0 spiro atoms. The van der Waals surface area contributed by atoms with E-state index in [9.17, 15) is 28.8 Å². The second-order valence-electron chi connectivity index (χ2n) is 5.28. The molecule has 16 heteroatoms. The molecule has 13 N–H and O–H groups in total. The van der Waals surface area contributed by atoms with Crippen LogP contribution in [0.1, 0.15) is 32.1 Å². The second kappa shape index (κ2) is 21.4. The molecule has 0 radical (unpaired) electrons. The van der Waals surface area contributed by atoms with E-state index in [0.29, 0.717) is 0 Å². The molecule has 0 aliphatic heterocycles. The van der Waals surface area contributed by atoms with Crippen molar-refractivity contribution in [2.45, 2.75) is 37.7 Å². The van der Waals surface area contributed by atoms with Crippen LogP contribution < -0.4 is 17.2 Å². The van der Waals surface area contributed by atoms with Crippen LogP contribution in [-0.4, -0.2) is 96.8 Å². The number of rotatable bonds is 11. The van der Waals surface area contributed by atoms with Crippen LogP contribution in [0.15, 0.2) is 0 Å². The second-order valence-corrected chi connectivity index (χ2v) is 5.28. The summed E-state index contributed by atoms with van der Waals surface area (Å²) in [5.41, 5.74) is 11.8. The smallest absolute Gasteiger partial charge is 0.336 e. The third kappa shape index (κ3) is 34.6. The number of aliphatic hydroxyl groups is 1. The maximum absolute atomic E-state index is 10.3. The fraction of sp³-hybridized carbons (Fsp3) is 0.600. The molecule has 182 valence electrons. The van der Waals surface area contributed by atoms with E-state index in [-0.39, 0.29) is 38.9 Å². The van der Waals surface area contributed by atoms with Gasteiger partial charge in [-0.15, -0.1) is 0 Å². The Morgan fingerprint density at radius 1 is 0.516 bits per heavy atom. The first-order valence-corrected chi connectivity index (χ1v) is 8.24. The van der Waals surface area contributed by atoms with Crippen molar-refractivity contribution in [2.24, 2.45) is 17.2 Å². The Labute approximate surface area is 175 Å². The molecule has 0 aromatic carbocycles. The summed E-state index contributed by atoms with van der Waals surface area (Å²) >= 11 is 0. The standard InChI is InChI=1S/C6H8O7.3C3H7NO2/c7-3(8)1-6(13,5(11)12)2-4(9)10;3*4-2-1-3(5)6/h13H,1-2H2,(H,7,8)(H,9,10)(H,11,12);3*1-2,4H2,(H,5,6). The molecular weight excluding hydrogens is 430 g/mol. The van der Waals surface area contributed by atoms with Gasteiger partial charge in [0.2, 0.25) is 0 Å². The van der Waals surface area contributed by atoms with Crippen LogP contribution in [0.5, 0.6) is 0 Å². The van der Waals surface area contributed by atoms with E-state index < -0.39 is 54.3 Å². The monoisotopic (exact) mass is 459 g/mol. The Morgan fingerprint density at radius 3 is 0.806 bits per heavy atom. The summed E-state index contributed by atoms with van der Waals surface area (Å²) in [5, 5.41) is 57.3. The minimum Gasteiger partial charge on any atom is -0.481 e. The van der Waals surface area contributed by atoms with Crippen molar-refractivity contribution < 1.29 is 64.5 Å². The van der Waals surface area contributed by atoms with Crippen LogP contribution in [0.2, 0.25) is 0 Å². The van der Waals surface area contributed by atoms with Crippen molar-refractivity contribution in [3.8, 4) is 0 Å². The van der Waals surface area contributed by atoms with E-state index in [1.54, 1.807) is 0 Å². The topological polar surface area (TPSA) is 322 Å². The Balaban J connectivity index is -0.000000171. The first-order chi connectivity index (χ1) is 14.1. The lowest BCUT2D eigenvalue weighted by atomic mass is 9.96. The summed E-state index contributed by atoms with van der Waals surface area (Å²) in [4.78, 5) is 59.0. The van der Waals surface area contributed by atoms with Crippen LogP contribution >= 0.6 is 0 Å². The first kappa shape index (κ1) is 35.1. The third-order valence-electron chi connectivity index (χ3n) is 2.36. The quantitative estimate of drug-likeness (QED) is 0.147. The summed E-state index contributed by atoms with van der Waals surface area (Å²) in [6.45, 7) is 0.694. The summed E-state index contributed by atoms with van der Waals surface area (Å²) < 4.78 is 0. The highest BCUT2D eigenvalue weighted by Crippen LogP contribution is 2.15. The number of nitrogens with two attached hydrogens (primary N) is 3. The Hall–Kier alpha value is -3.34. The number of carboxylic acids is 6. The predicted molar refractivity (Wildman–Crippen MR) is 101 cm³/mol. The molecule has 0 aliphatic rings. The van der Waals surface area contributed by atoms with Gasteiger partial charge in [-0.1, -0.05) is 0 Å². The zero-order chi connectivity index (χ0) is 25.6. The molecule has 0 bridgehead atoms. The SMILES string of the molecule is NCCC(=O)O.NCCC(=O)O.NCCC(=O)O.O=C(O)CC(O)(CC(=O)O)C(=O)O.